The lowest BCUT2D eigenvalue weighted by Crippen LogP contribution is -2.76. The fourth-order valence-electron chi connectivity index (χ4n) is 6.67. The Morgan fingerprint density at radius 3 is 2.62 bits per heavy atom. The molecule has 5 heterocycles. The Morgan fingerprint density at radius 1 is 1.32 bits per heavy atom. The molecule has 1 aromatic heterocycles. The fourth-order valence-corrected chi connectivity index (χ4v) is 7.67. The molecule has 2 amide bonds. The summed E-state index contributed by atoms with van der Waals surface area (Å²) < 4.78 is 47.6. The molecule has 270 valence electrons. The summed E-state index contributed by atoms with van der Waals surface area (Å²) in [5.41, 5.74) is 8.14. The highest BCUT2D eigenvalue weighted by atomic mass is 32.3. The summed E-state index contributed by atoms with van der Waals surface area (Å²) in [4.78, 5) is 48.4. The van der Waals surface area contributed by atoms with Crippen LogP contribution < -0.4 is 26.8 Å². The maximum Gasteiger partial charge on any atom is 0.418 e. The molecule has 0 spiro atoms. The molecule has 1 aliphatic carbocycles. The van der Waals surface area contributed by atoms with Crippen LogP contribution >= 0.6 is 11.3 Å². The third-order valence-corrected chi connectivity index (χ3v) is 10.5. The van der Waals surface area contributed by atoms with Gasteiger partial charge in [0.1, 0.15) is 23.3 Å². The SMILES string of the molecule is CC(ON=C(C(=O)NC1C(=O)N(OS(=O)(=O)O)C1(C)C)c1csc(N)n1)(C(=O)O)C1CCc2cc(C(=N)NC34COC(CN)(C3)C4)ccc2O1. The Balaban J connectivity index is 1.17. The molecule has 19 nitrogen and oxygen atoms in total. The second kappa shape index (κ2) is 12.1. The number of amides is 2. The number of fused-ring (bicyclic) bond motifs is 2. The van der Waals surface area contributed by atoms with Crippen LogP contribution in [0.3, 0.4) is 0 Å². The first kappa shape index (κ1) is 35.4. The molecular weight excluding hydrogens is 700 g/mol. The van der Waals surface area contributed by atoms with E-state index in [-0.39, 0.29) is 34.2 Å². The zero-order chi connectivity index (χ0) is 36.4. The number of β-lactam (4-membered cyclic amide) rings is 1. The van der Waals surface area contributed by atoms with Crippen molar-refractivity contribution in [2.24, 2.45) is 10.9 Å². The van der Waals surface area contributed by atoms with Crippen LogP contribution in [0.4, 0.5) is 5.13 Å². The minimum atomic E-state index is -5.03. The van der Waals surface area contributed by atoms with Crippen molar-refractivity contribution in [1.29, 1.82) is 5.41 Å². The quantitative estimate of drug-likeness (QED) is 0.0484. The molecule has 21 heteroatoms. The number of benzene rings is 1. The van der Waals surface area contributed by atoms with Crippen molar-refractivity contribution in [2.75, 3.05) is 18.9 Å². The maximum absolute atomic E-state index is 13.5. The Morgan fingerprint density at radius 2 is 2.04 bits per heavy atom. The summed E-state index contributed by atoms with van der Waals surface area (Å²) in [6, 6.07) is 3.80. The largest absolute Gasteiger partial charge is 0.485 e. The first-order valence-corrected chi connectivity index (χ1v) is 17.6. The molecular formula is C29H36N8O11S2. The van der Waals surface area contributed by atoms with Gasteiger partial charge in [-0.1, -0.05) is 5.16 Å². The van der Waals surface area contributed by atoms with E-state index in [1.54, 1.807) is 18.2 Å². The monoisotopic (exact) mass is 736 g/mol. The number of anilines is 1. The number of carboxylic acid groups (broad SMARTS) is 1. The van der Waals surface area contributed by atoms with E-state index in [1.807, 2.05) is 0 Å². The number of thiazole rings is 1. The second-order valence-corrected chi connectivity index (χ2v) is 15.4. The lowest BCUT2D eigenvalue weighted by atomic mass is 9.68. The van der Waals surface area contributed by atoms with E-state index in [1.165, 1.54) is 26.2 Å². The molecule has 1 aromatic carbocycles. The first-order chi connectivity index (χ1) is 23.3. The van der Waals surface area contributed by atoms with Crippen LogP contribution in [0.2, 0.25) is 0 Å². The molecule has 3 saturated heterocycles. The van der Waals surface area contributed by atoms with Gasteiger partial charge in [0, 0.05) is 30.3 Å². The molecule has 2 aromatic rings. The summed E-state index contributed by atoms with van der Waals surface area (Å²) >= 11 is 0.959. The van der Waals surface area contributed by atoms with Gasteiger partial charge in [-0.2, -0.15) is 13.5 Å². The molecule has 3 unspecified atom stereocenters. The number of nitrogens with two attached hydrogens (primary N) is 2. The summed E-state index contributed by atoms with van der Waals surface area (Å²) in [5, 5.41) is 30.3. The van der Waals surface area contributed by atoms with Crippen molar-refractivity contribution in [1.82, 2.24) is 20.7 Å². The number of rotatable bonds is 12. The van der Waals surface area contributed by atoms with Gasteiger partial charge in [0.15, 0.2) is 16.9 Å². The number of aliphatic carboxylic acids is 1. The number of aryl methyl sites for hydroxylation is 1. The number of carbonyl (C=O) groups excluding carboxylic acids is 2. The zero-order valence-electron chi connectivity index (χ0n) is 27.1. The van der Waals surface area contributed by atoms with Crippen molar-refractivity contribution in [3.8, 4) is 5.75 Å². The highest BCUT2D eigenvalue weighted by molar-refractivity contribution is 7.80. The van der Waals surface area contributed by atoms with Crippen molar-refractivity contribution < 1.29 is 51.1 Å². The third kappa shape index (κ3) is 6.24. The van der Waals surface area contributed by atoms with Gasteiger partial charge in [0.2, 0.25) is 0 Å². The van der Waals surface area contributed by atoms with Crippen LogP contribution in [-0.4, -0.2) is 105 Å². The molecule has 1 saturated carbocycles. The minimum Gasteiger partial charge on any atom is -0.485 e. The van der Waals surface area contributed by atoms with E-state index >= 15 is 0 Å². The van der Waals surface area contributed by atoms with Gasteiger partial charge >= 0.3 is 16.4 Å². The number of hydroxylamine groups is 2. The van der Waals surface area contributed by atoms with E-state index in [0.29, 0.717) is 35.9 Å². The molecule has 50 heavy (non-hydrogen) atoms. The van der Waals surface area contributed by atoms with Gasteiger partial charge in [0.05, 0.1) is 23.3 Å². The Bertz CT molecular complexity index is 1910. The average molecular weight is 737 g/mol. The Kier molecular flexibility index (Phi) is 8.59. The summed E-state index contributed by atoms with van der Waals surface area (Å²) in [5.74, 6) is -2.87. The normalized spacial score (nSPS) is 27.9. The summed E-state index contributed by atoms with van der Waals surface area (Å²) in [7, 11) is -5.03. The average Bonchev–Trinajstić information content (AvgIpc) is 3.74. The van der Waals surface area contributed by atoms with Gasteiger partial charge in [-0.15, -0.1) is 15.6 Å². The predicted octanol–water partition coefficient (Wildman–Crippen LogP) is -0.302. The molecule has 4 aliphatic heterocycles. The van der Waals surface area contributed by atoms with Crippen LogP contribution in [-0.2, 0) is 45.1 Å². The van der Waals surface area contributed by atoms with Gasteiger partial charge in [-0.3, -0.25) is 19.6 Å². The number of nitrogens with zero attached hydrogens (tertiary/aromatic N) is 3. The van der Waals surface area contributed by atoms with Gasteiger partial charge in [-0.05, 0) is 57.4 Å². The number of aromatic nitrogens is 1. The molecule has 0 radical (unpaired) electrons. The van der Waals surface area contributed by atoms with Crippen LogP contribution in [0.5, 0.6) is 5.75 Å². The van der Waals surface area contributed by atoms with E-state index in [4.69, 9.17) is 35.7 Å². The topological polar surface area (TPSA) is 291 Å². The highest BCUT2D eigenvalue weighted by Crippen LogP contribution is 2.51. The Hall–Kier alpha value is -4.41. The summed E-state index contributed by atoms with van der Waals surface area (Å²) in [6.07, 6.45) is 0.915. The smallest absolute Gasteiger partial charge is 0.418 e. The van der Waals surface area contributed by atoms with Gasteiger partial charge in [0.25, 0.3) is 17.4 Å². The van der Waals surface area contributed by atoms with Crippen molar-refractivity contribution >= 4 is 56.2 Å². The second-order valence-electron chi connectivity index (χ2n) is 13.5. The summed E-state index contributed by atoms with van der Waals surface area (Å²) in [6.45, 7) is 4.86. The van der Waals surface area contributed by atoms with Crippen molar-refractivity contribution in [2.45, 2.75) is 80.9 Å². The number of nitrogens with one attached hydrogen (secondary N) is 3. The molecule has 4 fully saturated rings. The minimum absolute atomic E-state index is 0.0525. The molecule has 5 aliphatic rings. The Labute approximate surface area is 289 Å². The lowest BCUT2D eigenvalue weighted by Gasteiger charge is -2.50. The molecule has 9 N–H and O–H groups in total. The number of amidine groups is 1. The van der Waals surface area contributed by atoms with Crippen LogP contribution in [0, 0.1) is 5.41 Å². The number of oxime groups is 1. The third-order valence-electron chi connectivity index (χ3n) is 9.50. The fraction of sp³-hybridized carbons (Fsp3) is 0.517. The van der Waals surface area contributed by atoms with Gasteiger partial charge in [-0.25, -0.2) is 9.78 Å². The zero-order valence-corrected chi connectivity index (χ0v) is 28.7. The molecule has 3 atom stereocenters. The number of hydrogen-bond donors (Lipinski definition) is 7. The van der Waals surface area contributed by atoms with Crippen molar-refractivity contribution in [3.05, 3.63) is 40.4 Å². The van der Waals surface area contributed by atoms with E-state index < -0.39 is 57.2 Å². The first-order valence-electron chi connectivity index (χ1n) is 15.3. The van der Waals surface area contributed by atoms with E-state index in [2.05, 4.69) is 25.1 Å². The highest BCUT2D eigenvalue weighted by Gasteiger charge is 2.62. The van der Waals surface area contributed by atoms with E-state index in [0.717, 1.165) is 29.7 Å². The van der Waals surface area contributed by atoms with Crippen LogP contribution in [0.1, 0.15) is 56.9 Å². The standard InChI is InChI=1S/C29H36N8O11S2/c1-26(2)20(23(39)37(26)48-50(42,43)44)34-22(38)19(16-9-49-25(32)33-16)36-47-27(3,24(40)41)18-7-5-14-8-15(4-6-17(14)46-18)21(31)35-28-10-29(11-28,12-30)45-13-28/h4,6,8-9,18,20H,5,7,10-13,30H2,1-3H3,(H2,31,35)(H2,32,33)(H,34,38)(H,40,41)(H,42,43,44). The van der Waals surface area contributed by atoms with Crippen LogP contribution in [0.25, 0.3) is 0 Å². The van der Waals surface area contributed by atoms with Gasteiger partial charge < -0.3 is 41.5 Å². The van der Waals surface area contributed by atoms with Crippen LogP contribution in [0.15, 0.2) is 28.7 Å². The number of ether oxygens (including phenoxy) is 2. The number of carbonyl (C=O) groups is 3. The lowest BCUT2D eigenvalue weighted by molar-refractivity contribution is -0.218. The number of nitrogen functional groups attached to an aromatic ring is 1. The van der Waals surface area contributed by atoms with Crippen molar-refractivity contribution in [3.63, 3.8) is 0 Å². The molecule has 7 rings (SSSR count). The number of carboxylic acids is 1. The number of hydrogen-bond acceptors (Lipinski definition) is 15. The maximum atomic E-state index is 13.5. The molecule has 2 bridgehead atoms. The van der Waals surface area contributed by atoms with E-state index in [9.17, 15) is 27.9 Å². The predicted molar refractivity (Wildman–Crippen MR) is 175 cm³/mol.